The molecule has 24 heavy (non-hydrogen) atoms. The Hall–Kier alpha value is -2.73. The van der Waals surface area contributed by atoms with Gasteiger partial charge in [-0.05, 0) is 54.4 Å². The Labute approximate surface area is 144 Å². The SMILES string of the molecule is CC.CN(C)c1ccc(C#Cc2ccc3c(c2)CCNC3=O)cc1. The van der Waals surface area contributed by atoms with E-state index in [0.29, 0.717) is 6.54 Å². The highest BCUT2D eigenvalue weighted by molar-refractivity contribution is 5.96. The van der Waals surface area contributed by atoms with Crippen LogP contribution in [0.2, 0.25) is 0 Å². The van der Waals surface area contributed by atoms with E-state index in [9.17, 15) is 4.79 Å². The van der Waals surface area contributed by atoms with Gasteiger partial charge in [0.05, 0.1) is 0 Å². The van der Waals surface area contributed by atoms with Crippen molar-refractivity contribution < 1.29 is 4.79 Å². The van der Waals surface area contributed by atoms with Crippen molar-refractivity contribution in [3.63, 3.8) is 0 Å². The molecule has 0 radical (unpaired) electrons. The number of anilines is 1. The fourth-order valence-corrected chi connectivity index (χ4v) is 2.49. The van der Waals surface area contributed by atoms with Gasteiger partial charge < -0.3 is 10.2 Å². The molecule has 0 aromatic heterocycles. The normalized spacial score (nSPS) is 11.9. The van der Waals surface area contributed by atoms with Crippen LogP contribution in [0.4, 0.5) is 5.69 Å². The van der Waals surface area contributed by atoms with Crippen LogP contribution >= 0.6 is 0 Å². The number of hydrogen-bond acceptors (Lipinski definition) is 2. The maximum Gasteiger partial charge on any atom is 0.251 e. The van der Waals surface area contributed by atoms with Gasteiger partial charge in [0.1, 0.15) is 0 Å². The van der Waals surface area contributed by atoms with Gasteiger partial charge in [0.15, 0.2) is 0 Å². The van der Waals surface area contributed by atoms with Gasteiger partial charge in [-0.15, -0.1) is 0 Å². The predicted molar refractivity (Wildman–Crippen MR) is 101 cm³/mol. The summed E-state index contributed by atoms with van der Waals surface area (Å²) in [5.41, 5.74) is 4.95. The van der Waals surface area contributed by atoms with E-state index < -0.39 is 0 Å². The number of fused-ring (bicyclic) bond motifs is 1. The van der Waals surface area contributed by atoms with E-state index in [2.05, 4.69) is 34.2 Å². The van der Waals surface area contributed by atoms with Crippen LogP contribution in [0, 0.1) is 11.8 Å². The van der Waals surface area contributed by atoms with Crippen molar-refractivity contribution in [1.29, 1.82) is 0 Å². The molecule has 0 bridgehead atoms. The summed E-state index contributed by atoms with van der Waals surface area (Å²) in [5.74, 6) is 6.37. The summed E-state index contributed by atoms with van der Waals surface area (Å²) in [6.45, 7) is 4.70. The third kappa shape index (κ3) is 4.17. The van der Waals surface area contributed by atoms with Gasteiger partial charge in [0.25, 0.3) is 5.91 Å². The Bertz CT molecular complexity index is 765. The summed E-state index contributed by atoms with van der Waals surface area (Å²) in [7, 11) is 4.04. The zero-order chi connectivity index (χ0) is 17.5. The van der Waals surface area contributed by atoms with Crippen molar-refractivity contribution >= 4 is 11.6 Å². The van der Waals surface area contributed by atoms with E-state index in [4.69, 9.17) is 0 Å². The Balaban J connectivity index is 0.00000100. The first-order valence-corrected chi connectivity index (χ1v) is 8.34. The molecule has 124 valence electrons. The lowest BCUT2D eigenvalue weighted by Crippen LogP contribution is -2.31. The molecule has 2 aromatic carbocycles. The topological polar surface area (TPSA) is 32.3 Å². The molecule has 0 saturated carbocycles. The summed E-state index contributed by atoms with van der Waals surface area (Å²) < 4.78 is 0. The monoisotopic (exact) mass is 320 g/mol. The predicted octanol–water partition coefficient (Wildman–Crippen LogP) is 3.46. The van der Waals surface area contributed by atoms with Crippen LogP contribution in [-0.2, 0) is 6.42 Å². The molecule has 0 saturated heterocycles. The second-order valence-corrected chi connectivity index (χ2v) is 5.57. The molecule has 1 amide bonds. The van der Waals surface area contributed by atoms with Crippen molar-refractivity contribution in [3.8, 4) is 11.8 Å². The lowest BCUT2D eigenvalue weighted by atomic mass is 9.98. The molecule has 0 aliphatic carbocycles. The van der Waals surface area contributed by atoms with Gasteiger partial charge in [-0.1, -0.05) is 25.7 Å². The highest BCUT2D eigenvalue weighted by Crippen LogP contribution is 2.16. The first-order chi connectivity index (χ1) is 11.6. The van der Waals surface area contributed by atoms with Crippen LogP contribution in [0.1, 0.15) is 40.9 Å². The van der Waals surface area contributed by atoms with Crippen molar-refractivity contribution in [2.24, 2.45) is 0 Å². The van der Waals surface area contributed by atoms with Gasteiger partial charge in [-0.25, -0.2) is 0 Å². The zero-order valence-corrected chi connectivity index (χ0v) is 14.8. The Morgan fingerprint density at radius 3 is 2.25 bits per heavy atom. The number of nitrogens with zero attached hydrogens (tertiary/aromatic N) is 1. The summed E-state index contributed by atoms with van der Waals surface area (Å²) >= 11 is 0. The van der Waals surface area contributed by atoms with E-state index in [1.54, 1.807) is 0 Å². The lowest BCUT2D eigenvalue weighted by Gasteiger charge is -2.16. The van der Waals surface area contributed by atoms with E-state index in [1.165, 1.54) is 0 Å². The molecule has 0 spiro atoms. The van der Waals surface area contributed by atoms with Gasteiger partial charge in [-0.2, -0.15) is 0 Å². The highest BCUT2D eigenvalue weighted by Gasteiger charge is 2.15. The molecular formula is C21H24N2O. The van der Waals surface area contributed by atoms with Crippen molar-refractivity contribution in [2.75, 3.05) is 25.5 Å². The molecule has 3 rings (SSSR count). The maximum absolute atomic E-state index is 11.7. The molecule has 2 aromatic rings. The quantitative estimate of drug-likeness (QED) is 0.816. The van der Waals surface area contributed by atoms with E-state index >= 15 is 0 Å². The summed E-state index contributed by atoms with van der Waals surface area (Å²) in [6, 6.07) is 14.0. The molecule has 0 atom stereocenters. The number of hydrogen-bond donors (Lipinski definition) is 1. The fraction of sp³-hybridized carbons (Fsp3) is 0.286. The minimum atomic E-state index is 0.0139. The van der Waals surface area contributed by atoms with Gasteiger partial charge >= 0.3 is 0 Å². The largest absolute Gasteiger partial charge is 0.378 e. The van der Waals surface area contributed by atoms with E-state index in [1.807, 2.05) is 58.3 Å². The first-order valence-electron chi connectivity index (χ1n) is 8.34. The number of rotatable bonds is 1. The molecule has 1 aliphatic heterocycles. The van der Waals surface area contributed by atoms with E-state index in [-0.39, 0.29) is 5.91 Å². The van der Waals surface area contributed by atoms with Crippen molar-refractivity contribution in [2.45, 2.75) is 20.3 Å². The minimum Gasteiger partial charge on any atom is -0.378 e. The number of benzene rings is 2. The molecule has 0 unspecified atom stereocenters. The van der Waals surface area contributed by atoms with Crippen molar-refractivity contribution in [3.05, 3.63) is 64.7 Å². The van der Waals surface area contributed by atoms with Gasteiger partial charge in [0.2, 0.25) is 0 Å². The van der Waals surface area contributed by atoms with Crippen LogP contribution in [-0.4, -0.2) is 26.5 Å². The third-order valence-electron chi connectivity index (χ3n) is 3.76. The Morgan fingerprint density at radius 1 is 0.958 bits per heavy atom. The Kier molecular flexibility index (Phi) is 6.03. The minimum absolute atomic E-state index is 0.0139. The zero-order valence-electron chi connectivity index (χ0n) is 14.8. The second kappa shape index (κ2) is 8.21. The summed E-state index contributed by atoms with van der Waals surface area (Å²) in [4.78, 5) is 13.8. The van der Waals surface area contributed by atoms with Crippen LogP contribution < -0.4 is 10.2 Å². The average molecular weight is 320 g/mol. The standard InChI is InChI=1S/C19H18N2O.C2H6/c1-21(2)17-8-5-14(6-9-17)3-4-15-7-10-18-16(13-15)11-12-20-19(18)22;1-2/h5-10,13H,11-12H2,1-2H3,(H,20,22);1-2H3. The summed E-state index contributed by atoms with van der Waals surface area (Å²) in [6.07, 6.45) is 0.869. The van der Waals surface area contributed by atoms with Crippen molar-refractivity contribution in [1.82, 2.24) is 5.32 Å². The number of carbonyl (C=O) groups excluding carboxylic acids is 1. The van der Waals surface area contributed by atoms with Gasteiger partial charge in [0, 0.05) is 43.0 Å². The molecule has 3 heteroatoms. The maximum atomic E-state index is 11.7. The van der Waals surface area contributed by atoms with Crippen LogP contribution in [0.15, 0.2) is 42.5 Å². The number of nitrogens with one attached hydrogen (secondary N) is 1. The molecule has 3 nitrogen and oxygen atoms in total. The highest BCUT2D eigenvalue weighted by atomic mass is 16.1. The fourth-order valence-electron chi connectivity index (χ4n) is 2.49. The Morgan fingerprint density at radius 2 is 1.58 bits per heavy atom. The molecule has 0 fully saturated rings. The van der Waals surface area contributed by atoms with E-state index in [0.717, 1.165) is 34.4 Å². The molecular weight excluding hydrogens is 296 g/mol. The summed E-state index contributed by atoms with van der Waals surface area (Å²) in [5, 5.41) is 2.85. The lowest BCUT2D eigenvalue weighted by molar-refractivity contribution is 0.0946. The smallest absolute Gasteiger partial charge is 0.251 e. The molecule has 1 aliphatic rings. The van der Waals surface area contributed by atoms with Crippen LogP contribution in [0.3, 0.4) is 0 Å². The average Bonchev–Trinajstić information content (AvgIpc) is 2.62. The molecule has 1 N–H and O–H groups in total. The number of carbonyl (C=O) groups is 1. The van der Waals surface area contributed by atoms with Crippen LogP contribution in [0.25, 0.3) is 0 Å². The van der Waals surface area contributed by atoms with Gasteiger partial charge in [-0.3, -0.25) is 4.79 Å². The molecule has 1 heterocycles. The first kappa shape index (κ1) is 17.6. The second-order valence-electron chi connectivity index (χ2n) is 5.57. The van der Waals surface area contributed by atoms with Crippen LogP contribution in [0.5, 0.6) is 0 Å². The third-order valence-corrected chi connectivity index (χ3v) is 3.76. The number of amides is 1.